The van der Waals surface area contributed by atoms with E-state index in [2.05, 4.69) is 10.3 Å². The van der Waals surface area contributed by atoms with Gasteiger partial charge >= 0.3 is 5.76 Å². The van der Waals surface area contributed by atoms with E-state index in [4.69, 9.17) is 9.15 Å². The fourth-order valence-corrected chi connectivity index (χ4v) is 3.40. The highest BCUT2D eigenvalue weighted by molar-refractivity contribution is 6.11. The Morgan fingerprint density at radius 3 is 2.86 bits per heavy atom. The number of piperidine rings is 1. The van der Waals surface area contributed by atoms with Crippen molar-refractivity contribution in [2.24, 2.45) is 0 Å². The molecule has 28 heavy (non-hydrogen) atoms. The number of benzene rings is 2. The van der Waals surface area contributed by atoms with Gasteiger partial charge in [-0.15, -0.1) is 0 Å². The Balaban J connectivity index is 1.66. The van der Waals surface area contributed by atoms with E-state index in [1.54, 1.807) is 48.4 Å². The maximum Gasteiger partial charge on any atom is 0.417 e. The van der Waals surface area contributed by atoms with Crippen molar-refractivity contribution in [3.8, 4) is 5.75 Å². The molecule has 2 aromatic carbocycles. The number of aromatic amines is 1. The standard InChI is InChI=1S/C20H19N3O5/c1-27-15-9-8-12(11-14(15)23-10-3-2-7-17(23)24)21-19(25)13-5-4-6-16-18(13)22-20(26)28-16/h4-6,8-9,11H,2-3,7,10H2,1H3,(H,21,25)(H,22,26). The molecule has 0 atom stereocenters. The molecule has 0 unspecified atom stereocenters. The Kier molecular flexibility index (Phi) is 4.60. The highest BCUT2D eigenvalue weighted by Gasteiger charge is 2.23. The number of nitrogens with zero attached hydrogens (tertiary/aromatic N) is 1. The maximum absolute atomic E-state index is 12.8. The number of carbonyl (C=O) groups is 2. The van der Waals surface area contributed by atoms with Crippen LogP contribution in [0.2, 0.25) is 0 Å². The lowest BCUT2D eigenvalue weighted by molar-refractivity contribution is -0.119. The Bertz CT molecular complexity index is 1110. The van der Waals surface area contributed by atoms with Crippen LogP contribution in [0, 0.1) is 0 Å². The molecule has 3 aromatic rings. The van der Waals surface area contributed by atoms with Crippen molar-refractivity contribution in [3.05, 3.63) is 52.5 Å². The molecule has 1 aliphatic heterocycles. The second-order valence-corrected chi connectivity index (χ2v) is 6.54. The molecular formula is C20H19N3O5. The smallest absolute Gasteiger partial charge is 0.417 e. The van der Waals surface area contributed by atoms with Gasteiger partial charge in [0.2, 0.25) is 5.91 Å². The third-order valence-corrected chi connectivity index (χ3v) is 4.75. The van der Waals surface area contributed by atoms with Crippen LogP contribution in [0.3, 0.4) is 0 Å². The van der Waals surface area contributed by atoms with Crippen LogP contribution < -0.4 is 20.7 Å². The van der Waals surface area contributed by atoms with Gasteiger partial charge in [-0.3, -0.25) is 14.6 Å². The van der Waals surface area contributed by atoms with Crippen LogP contribution in [-0.2, 0) is 4.79 Å². The van der Waals surface area contributed by atoms with E-state index in [0.717, 1.165) is 12.8 Å². The summed E-state index contributed by atoms with van der Waals surface area (Å²) in [7, 11) is 1.54. The molecule has 2 heterocycles. The molecule has 1 saturated heterocycles. The summed E-state index contributed by atoms with van der Waals surface area (Å²) in [5, 5.41) is 2.81. The molecule has 8 nitrogen and oxygen atoms in total. The average molecular weight is 381 g/mol. The zero-order valence-electron chi connectivity index (χ0n) is 15.3. The van der Waals surface area contributed by atoms with E-state index in [9.17, 15) is 14.4 Å². The molecule has 0 radical (unpaired) electrons. The highest BCUT2D eigenvalue weighted by atomic mass is 16.5. The molecule has 0 aliphatic carbocycles. The highest BCUT2D eigenvalue weighted by Crippen LogP contribution is 2.34. The summed E-state index contributed by atoms with van der Waals surface area (Å²) in [6, 6.07) is 9.98. The predicted octanol–water partition coefficient (Wildman–Crippen LogP) is 2.90. The van der Waals surface area contributed by atoms with Crippen LogP contribution in [0.1, 0.15) is 29.6 Å². The number of ether oxygens (including phenoxy) is 1. The van der Waals surface area contributed by atoms with Crippen LogP contribution in [0.25, 0.3) is 11.1 Å². The first-order chi connectivity index (χ1) is 13.6. The van der Waals surface area contributed by atoms with E-state index in [1.807, 2.05) is 0 Å². The van der Waals surface area contributed by atoms with Crippen LogP contribution in [-0.4, -0.2) is 30.5 Å². The summed E-state index contributed by atoms with van der Waals surface area (Å²) in [5.41, 5.74) is 2.08. The fourth-order valence-electron chi connectivity index (χ4n) is 3.40. The van der Waals surface area contributed by atoms with E-state index >= 15 is 0 Å². The van der Waals surface area contributed by atoms with Crippen molar-refractivity contribution in [2.45, 2.75) is 19.3 Å². The molecule has 144 valence electrons. The first-order valence-electron chi connectivity index (χ1n) is 8.98. The van der Waals surface area contributed by atoms with Gasteiger partial charge in [0.15, 0.2) is 5.58 Å². The molecule has 0 bridgehead atoms. The predicted molar refractivity (Wildman–Crippen MR) is 104 cm³/mol. The summed E-state index contributed by atoms with van der Waals surface area (Å²) < 4.78 is 10.4. The number of hydrogen-bond acceptors (Lipinski definition) is 5. The van der Waals surface area contributed by atoms with Gasteiger partial charge in [-0.1, -0.05) is 6.07 Å². The van der Waals surface area contributed by atoms with Gasteiger partial charge < -0.3 is 19.4 Å². The summed E-state index contributed by atoms with van der Waals surface area (Å²) in [6.45, 7) is 0.613. The van der Waals surface area contributed by atoms with Crippen LogP contribution in [0.5, 0.6) is 5.75 Å². The Hall–Kier alpha value is -3.55. The number of oxazole rings is 1. The average Bonchev–Trinajstić information content (AvgIpc) is 3.08. The Morgan fingerprint density at radius 2 is 2.07 bits per heavy atom. The van der Waals surface area contributed by atoms with Crippen molar-refractivity contribution in [1.29, 1.82) is 0 Å². The van der Waals surface area contributed by atoms with Crippen LogP contribution in [0.15, 0.2) is 45.6 Å². The van der Waals surface area contributed by atoms with Gasteiger partial charge in [0.25, 0.3) is 5.91 Å². The van der Waals surface area contributed by atoms with Crippen molar-refractivity contribution < 1.29 is 18.7 Å². The number of rotatable bonds is 4. The zero-order chi connectivity index (χ0) is 19.7. The minimum absolute atomic E-state index is 0.0359. The lowest BCUT2D eigenvalue weighted by Crippen LogP contribution is -2.35. The molecule has 0 saturated carbocycles. The Morgan fingerprint density at radius 1 is 1.21 bits per heavy atom. The van der Waals surface area contributed by atoms with Crippen LogP contribution in [0.4, 0.5) is 11.4 Å². The normalized spacial score (nSPS) is 14.3. The lowest BCUT2D eigenvalue weighted by Gasteiger charge is -2.28. The molecule has 1 aromatic heterocycles. The third-order valence-electron chi connectivity index (χ3n) is 4.75. The summed E-state index contributed by atoms with van der Waals surface area (Å²) in [4.78, 5) is 40.7. The monoisotopic (exact) mass is 381 g/mol. The molecule has 0 spiro atoms. The summed E-state index contributed by atoms with van der Waals surface area (Å²) in [6.07, 6.45) is 2.29. The van der Waals surface area contributed by atoms with Gasteiger partial charge in [0.05, 0.1) is 23.9 Å². The minimum Gasteiger partial charge on any atom is -0.495 e. The summed E-state index contributed by atoms with van der Waals surface area (Å²) in [5.74, 6) is -0.419. The number of para-hydroxylation sites is 1. The SMILES string of the molecule is COc1ccc(NC(=O)c2cccc3oc(=O)[nH]c23)cc1N1CCCCC1=O. The molecule has 2 amide bonds. The van der Waals surface area contributed by atoms with E-state index in [-0.39, 0.29) is 11.5 Å². The van der Waals surface area contributed by atoms with E-state index in [1.165, 1.54) is 0 Å². The van der Waals surface area contributed by atoms with Gasteiger partial charge in [-0.25, -0.2) is 4.79 Å². The molecular weight excluding hydrogens is 362 g/mol. The second-order valence-electron chi connectivity index (χ2n) is 6.54. The number of fused-ring (bicyclic) bond motifs is 1. The van der Waals surface area contributed by atoms with Gasteiger partial charge in [0, 0.05) is 18.7 Å². The number of hydrogen-bond donors (Lipinski definition) is 2. The fraction of sp³-hybridized carbons (Fsp3) is 0.250. The first-order valence-corrected chi connectivity index (χ1v) is 8.98. The third kappa shape index (κ3) is 3.24. The largest absolute Gasteiger partial charge is 0.495 e. The van der Waals surface area contributed by atoms with Crippen molar-refractivity contribution in [2.75, 3.05) is 23.9 Å². The van der Waals surface area contributed by atoms with Gasteiger partial charge in [-0.2, -0.15) is 0 Å². The topological polar surface area (TPSA) is 105 Å². The number of H-pyrrole nitrogens is 1. The first kappa shape index (κ1) is 17.8. The van der Waals surface area contributed by atoms with E-state index < -0.39 is 11.7 Å². The van der Waals surface area contributed by atoms with Crippen molar-refractivity contribution >= 4 is 34.3 Å². The van der Waals surface area contributed by atoms with Crippen molar-refractivity contribution in [1.82, 2.24) is 4.98 Å². The molecule has 1 aliphatic rings. The number of nitrogens with one attached hydrogen (secondary N) is 2. The minimum atomic E-state index is -0.620. The van der Waals surface area contributed by atoms with Gasteiger partial charge in [-0.05, 0) is 43.2 Å². The summed E-state index contributed by atoms with van der Waals surface area (Å²) >= 11 is 0. The van der Waals surface area contributed by atoms with E-state index in [0.29, 0.717) is 41.2 Å². The molecule has 2 N–H and O–H groups in total. The lowest BCUT2D eigenvalue weighted by atomic mass is 10.1. The number of amides is 2. The number of carbonyl (C=O) groups excluding carboxylic acids is 2. The second kappa shape index (κ2) is 7.22. The van der Waals surface area contributed by atoms with Crippen molar-refractivity contribution in [3.63, 3.8) is 0 Å². The molecule has 8 heteroatoms. The zero-order valence-corrected chi connectivity index (χ0v) is 15.3. The number of methoxy groups -OCH3 is 1. The maximum atomic E-state index is 12.8. The van der Waals surface area contributed by atoms with Gasteiger partial charge in [0.1, 0.15) is 5.75 Å². The number of anilines is 2. The molecule has 4 rings (SSSR count). The van der Waals surface area contributed by atoms with Crippen LogP contribution >= 0.6 is 0 Å². The number of aromatic nitrogens is 1. The Labute approximate surface area is 160 Å². The quantitative estimate of drug-likeness (QED) is 0.723. The molecule has 1 fully saturated rings.